The zero-order valence-corrected chi connectivity index (χ0v) is 12.5. The van der Waals surface area contributed by atoms with Crippen LogP contribution in [0.5, 0.6) is 0 Å². The molecular weight excluding hydrogens is 250 g/mol. The first-order valence-corrected chi connectivity index (χ1v) is 7.15. The van der Waals surface area contributed by atoms with Crippen molar-refractivity contribution < 1.29 is 4.79 Å². The average Bonchev–Trinajstić information content (AvgIpc) is 2.69. The standard InChI is InChI=1S/C16H23N3O/c1-4-18-16(20)9-10-17-11-15-12(2)13-7-5-6-8-14(13)19(15)3/h5-8,17H,4,9-11H2,1-3H3,(H,18,20). The van der Waals surface area contributed by atoms with E-state index in [2.05, 4.69) is 53.4 Å². The summed E-state index contributed by atoms with van der Waals surface area (Å²) in [6.07, 6.45) is 0.525. The fourth-order valence-corrected chi connectivity index (χ4v) is 2.58. The molecule has 0 unspecified atom stereocenters. The smallest absolute Gasteiger partial charge is 0.221 e. The molecule has 0 radical (unpaired) electrons. The maximum absolute atomic E-state index is 11.4. The summed E-state index contributed by atoms with van der Waals surface area (Å²) in [5.74, 6) is 0.105. The molecule has 0 spiro atoms. The van der Waals surface area contributed by atoms with E-state index in [0.717, 1.165) is 6.54 Å². The van der Waals surface area contributed by atoms with Crippen LogP contribution in [0.4, 0.5) is 0 Å². The molecule has 20 heavy (non-hydrogen) atoms. The Bertz CT molecular complexity index is 562. The number of aryl methyl sites for hydroxylation is 2. The Labute approximate surface area is 120 Å². The first-order chi connectivity index (χ1) is 9.65. The molecule has 0 fully saturated rings. The van der Waals surface area contributed by atoms with Crippen LogP contribution >= 0.6 is 0 Å². The Hall–Kier alpha value is -1.81. The summed E-state index contributed by atoms with van der Waals surface area (Å²) in [5, 5.41) is 7.46. The quantitative estimate of drug-likeness (QED) is 0.792. The topological polar surface area (TPSA) is 46.1 Å². The summed E-state index contributed by atoms with van der Waals surface area (Å²) in [7, 11) is 2.09. The van der Waals surface area contributed by atoms with Gasteiger partial charge in [0.2, 0.25) is 5.91 Å². The molecule has 108 valence electrons. The van der Waals surface area contributed by atoms with Crippen LogP contribution in [-0.2, 0) is 18.4 Å². The molecule has 0 atom stereocenters. The van der Waals surface area contributed by atoms with Gasteiger partial charge in [-0.3, -0.25) is 4.79 Å². The fraction of sp³-hybridized carbons (Fsp3) is 0.438. The van der Waals surface area contributed by atoms with Gasteiger partial charge in [0.15, 0.2) is 0 Å². The van der Waals surface area contributed by atoms with Crippen molar-refractivity contribution in [2.45, 2.75) is 26.8 Å². The van der Waals surface area contributed by atoms with E-state index in [-0.39, 0.29) is 5.91 Å². The van der Waals surface area contributed by atoms with E-state index in [1.807, 2.05) is 6.92 Å². The van der Waals surface area contributed by atoms with E-state index in [1.165, 1.54) is 22.2 Å². The van der Waals surface area contributed by atoms with Crippen LogP contribution in [0.2, 0.25) is 0 Å². The summed E-state index contributed by atoms with van der Waals surface area (Å²) in [6, 6.07) is 8.43. The lowest BCUT2D eigenvalue weighted by Gasteiger charge is -2.08. The minimum absolute atomic E-state index is 0.105. The van der Waals surface area contributed by atoms with Crippen molar-refractivity contribution >= 4 is 16.8 Å². The second-order valence-electron chi connectivity index (χ2n) is 5.03. The number of rotatable bonds is 6. The summed E-state index contributed by atoms with van der Waals surface area (Å²) in [4.78, 5) is 11.4. The van der Waals surface area contributed by atoms with Gasteiger partial charge in [-0.2, -0.15) is 0 Å². The number of nitrogens with zero attached hydrogens (tertiary/aromatic N) is 1. The van der Waals surface area contributed by atoms with Crippen LogP contribution in [-0.4, -0.2) is 23.6 Å². The third kappa shape index (κ3) is 3.02. The monoisotopic (exact) mass is 273 g/mol. The number of hydrogen-bond acceptors (Lipinski definition) is 2. The van der Waals surface area contributed by atoms with Gasteiger partial charge in [-0.1, -0.05) is 18.2 Å². The van der Waals surface area contributed by atoms with Gasteiger partial charge in [0.25, 0.3) is 0 Å². The minimum atomic E-state index is 0.105. The third-order valence-corrected chi connectivity index (χ3v) is 3.70. The number of nitrogens with one attached hydrogen (secondary N) is 2. The number of carbonyl (C=O) groups excluding carboxylic acids is 1. The zero-order chi connectivity index (χ0) is 14.5. The normalized spacial score (nSPS) is 10.9. The van der Waals surface area contributed by atoms with Crippen molar-refractivity contribution in [3.8, 4) is 0 Å². The van der Waals surface area contributed by atoms with Gasteiger partial charge in [0, 0.05) is 49.7 Å². The second kappa shape index (κ2) is 6.57. The van der Waals surface area contributed by atoms with E-state index >= 15 is 0 Å². The molecule has 0 aliphatic carbocycles. The van der Waals surface area contributed by atoms with Crippen LogP contribution in [0, 0.1) is 6.92 Å². The Morgan fingerprint density at radius 1 is 1.30 bits per heavy atom. The largest absolute Gasteiger partial charge is 0.356 e. The van der Waals surface area contributed by atoms with Crippen molar-refractivity contribution in [3.05, 3.63) is 35.5 Å². The highest BCUT2D eigenvalue weighted by Gasteiger charge is 2.10. The number of fused-ring (bicyclic) bond motifs is 1. The zero-order valence-electron chi connectivity index (χ0n) is 12.5. The second-order valence-corrected chi connectivity index (χ2v) is 5.03. The molecule has 4 heteroatoms. The predicted octanol–water partition coefficient (Wildman–Crippen LogP) is 2.10. The molecular formula is C16H23N3O. The number of aromatic nitrogens is 1. The maximum atomic E-state index is 11.4. The van der Waals surface area contributed by atoms with Crippen LogP contribution in [0.1, 0.15) is 24.6 Å². The van der Waals surface area contributed by atoms with Crippen molar-refractivity contribution in [3.63, 3.8) is 0 Å². The summed E-state index contributed by atoms with van der Waals surface area (Å²) < 4.78 is 2.23. The Morgan fingerprint density at radius 2 is 2.05 bits per heavy atom. The highest BCUT2D eigenvalue weighted by atomic mass is 16.1. The highest BCUT2D eigenvalue weighted by molar-refractivity contribution is 5.85. The molecule has 2 rings (SSSR count). The SMILES string of the molecule is CCNC(=O)CCNCc1c(C)c2ccccc2n1C. The lowest BCUT2D eigenvalue weighted by molar-refractivity contribution is -0.120. The van der Waals surface area contributed by atoms with Crippen molar-refractivity contribution in [1.82, 2.24) is 15.2 Å². The molecule has 0 aliphatic rings. The number of amides is 1. The van der Waals surface area contributed by atoms with Gasteiger partial charge in [0.05, 0.1) is 0 Å². The molecule has 0 saturated heterocycles. The van der Waals surface area contributed by atoms with E-state index in [0.29, 0.717) is 19.5 Å². The number of para-hydroxylation sites is 1. The van der Waals surface area contributed by atoms with Crippen LogP contribution < -0.4 is 10.6 Å². The summed E-state index contributed by atoms with van der Waals surface area (Å²) >= 11 is 0. The van der Waals surface area contributed by atoms with Crippen molar-refractivity contribution in [2.75, 3.05) is 13.1 Å². The first-order valence-electron chi connectivity index (χ1n) is 7.15. The summed E-state index contributed by atoms with van der Waals surface area (Å²) in [5.41, 5.74) is 3.85. The van der Waals surface area contributed by atoms with E-state index in [1.54, 1.807) is 0 Å². The lowest BCUT2D eigenvalue weighted by Crippen LogP contribution is -2.27. The third-order valence-electron chi connectivity index (χ3n) is 3.70. The molecule has 1 amide bonds. The molecule has 0 aliphatic heterocycles. The lowest BCUT2D eigenvalue weighted by atomic mass is 10.1. The van der Waals surface area contributed by atoms with Gasteiger partial charge in [0.1, 0.15) is 0 Å². The van der Waals surface area contributed by atoms with Crippen LogP contribution in [0.15, 0.2) is 24.3 Å². The minimum Gasteiger partial charge on any atom is -0.356 e. The first kappa shape index (κ1) is 14.6. The van der Waals surface area contributed by atoms with E-state index in [4.69, 9.17) is 0 Å². The Balaban J connectivity index is 1.98. The predicted molar refractivity (Wildman–Crippen MR) is 82.7 cm³/mol. The molecule has 4 nitrogen and oxygen atoms in total. The van der Waals surface area contributed by atoms with Crippen LogP contribution in [0.25, 0.3) is 10.9 Å². The Morgan fingerprint density at radius 3 is 2.75 bits per heavy atom. The fourth-order valence-electron chi connectivity index (χ4n) is 2.58. The number of carbonyl (C=O) groups is 1. The highest BCUT2D eigenvalue weighted by Crippen LogP contribution is 2.24. The molecule has 1 heterocycles. The van der Waals surface area contributed by atoms with Crippen molar-refractivity contribution in [2.24, 2.45) is 7.05 Å². The number of hydrogen-bond donors (Lipinski definition) is 2. The molecule has 1 aromatic heterocycles. The molecule has 0 saturated carbocycles. The molecule has 1 aromatic carbocycles. The van der Waals surface area contributed by atoms with Gasteiger partial charge >= 0.3 is 0 Å². The Kier molecular flexibility index (Phi) is 4.79. The van der Waals surface area contributed by atoms with E-state index in [9.17, 15) is 4.79 Å². The van der Waals surface area contributed by atoms with Crippen molar-refractivity contribution in [1.29, 1.82) is 0 Å². The summed E-state index contributed by atoms with van der Waals surface area (Å²) in [6.45, 7) is 6.28. The van der Waals surface area contributed by atoms with E-state index < -0.39 is 0 Å². The molecule has 2 aromatic rings. The molecule has 2 N–H and O–H groups in total. The maximum Gasteiger partial charge on any atom is 0.221 e. The van der Waals surface area contributed by atoms with Gasteiger partial charge in [-0.25, -0.2) is 0 Å². The number of benzene rings is 1. The molecule has 0 bridgehead atoms. The van der Waals surface area contributed by atoms with Crippen LogP contribution in [0.3, 0.4) is 0 Å². The van der Waals surface area contributed by atoms with Gasteiger partial charge in [-0.15, -0.1) is 0 Å². The van der Waals surface area contributed by atoms with Gasteiger partial charge in [-0.05, 0) is 25.5 Å². The average molecular weight is 273 g/mol. The van der Waals surface area contributed by atoms with Gasteiger partial charge < -0.3 is 15.2 Å².